The summed E-state index contributed by atoms with van der Waals surface area (Å²) in [7, 11) is 0. The molecule has 1 atom stereocenters. The number of aromatic nitrogens is 2. The topological polar surface area (TPSA) is 105 Å². The van der Waals surface area contributed by atoms with Gasteiger partial charge >= 0.3 is 0 Å². The zero-order valence-corrected chi connectivity index (χ0v) is 19.3. The van der Waals surface area contributed by atoms with Crippen LogP contribution in [-0.2, 0) is 6.54 Å². The average molecular weight is 499 g/mol. The van der Waals surface area contributed by atoms with E-state index < -0.39 is 35.5 Å². The Morgan fingerprint density at radius 1 is 1.08 bits per heavy atom. The Hall–Kier alpha value is -3.86. The fourth-order valence-corrected chi connectivity index (χ4v) is 4.63. The Labute approximate surface area is 205 Å². The van der Waals surface area contributed by atoms with Crippen molar-refractivity contribution in [3.8, 4) is 5.75 Å². The number of ether oxygens (including phenoxy) is 1. The number of primary amides is 1. The molecule has 2 bridgehead atoms. The molecule has 0 saturated carbocycles. The van der Waals surface area contributed by atoms with Crippen molar-refractivity contribution in [2.75, 3.05) is 30.3 Å². The summed E-state index contributed by atoms with van der Waals surface area (Å²) in [6, 6.07) is 8.85. The van der Waals surface area contributed by atoms with Gasteiger partial charge < -0.3 is 21.1 Å². The summed E-state index contributed by atoms with van der Waals surface area (Å²) in [5, 5.41) is 5.66. The minimum atomic E-state index is -1.32. The Balaban J connectivity index is 1.28. The van der Waals surface area contributed by atoms with Crippen molar-refractivity contribution in [3.63, 3.8) is 0 Å². The van der Waals surface area contributed by atoms with Gasteiger partial charge in [-0.2, -0.15) is 4.98 Å². The number of benzene rings is 2. The molecule has 8 nitrogen and oxygen atoms in total. The van der Waals surface area contributed by atoms with E-state index in [1.165, 1.54) is 6.20 Å². The first-order chi connectivity index (χ1) is 17.4. The molecule has 3 saturated heterocycles. The number of nitrogens with two attached hydrogens (primary N) is 1. The highest BCUT2D eigenvalue weighted by molar-refractivity contribution is 5.97. The number of hydrogen-bond donors (Lipinski definition) is 3. The molecule has 1 amide bonds. The summed E-state index contributed by atoms with van der Waals surface area (Å²) in [6.07, 6.45) is 3.72. The zero-order chi connectivity index (χ0) is 25.2. The van der Waals surface area contributed by atoms with Gasteiger partial charge in [-0.1, -0.05) is 0 Å². The van der Waals surface area contributed by atoms with Crippen LogP contribution in [0.4, 0.5) is 30.6 Å². The minimum absolute atomic E-state index is 0.0506. The number of nitrogens with one attached hydrogen (secondary N) is 2. The fourth-order valence-electron chi connectivity index (χ4n) is 4.63. The van der Waals surface area contributed by atoms with E-state index in [9.17, 15) is 18.0 Å². The molecule has 4 N–H and O–H groups in total. The van der Waals surface area contributed by atoms with Gasteiger partial charge in [-0.25, -0.2) is 18.2 Å². The van der Waals surface area contributed by atoms with Crippen molar-refractivity contribution in [1.82, 2.24) is 14.9 Å². The van der Waals surface area contributed by atoms with Gasteiger partial charge in [0.25, 0.3) is 5.91 Å². The van der Waals surface area contributed by atoms with Gasteiger partial charge in [0.1, 0.15) is 23.5 Å². The van der Waals surface area contributed by atoms with Crippen molar-refractivity contribution in [2.24, 2.45) is 11.7 Å². The van der Waals surface area contributed by atoms with Crippen molar-refractivity contribution in [3.05, 3.63) is 71.2 Å². The molecule has 2 aromatic carbocycles. The molecule has 3 aliphatic heterocycles. The number of carbonyl (C=O) groups excluding carboxylic acids is 1. The monoisotopic (exact) mass is 498 g/mol. The minimum Gasteiger partial charge on any atom is -0.489 e. The molecular formula is C25H25F3N6O2. The van der Waals surface area contributed by atoms with Crippen LogP contribution >= 0.6 is 0 Å². The predicted molar refractivity (Wildman–Crippen MR) is 127 cm³/mol. The molecule has 0 aliphatic carbocycles. The van der Waals surface area contributed by atoms with E-state index in [-0.39, 0.29) is 23.4 Å². The van der Waals surface area contributed by atoms with Crippen LogP contribution in [0.5, 0.6) is 5.75 Å². The second-order valence-corrected chi connectivity index (χ2v) is 8.94. The zero-order valence-electron chi connectivity index (χ0n) is 19.3. The Morgan fingerprint density at radius 3 is 2.47 bits per heavy atom. The summed E-state index contributed by atoms with van der Waals surface area (Å²) in [6.45, 7) is 2.78. The van der Waals surface area contributed by atoms with E-state index in [1.54, 1.807) is 0 Å². The number of halogens is 3. The van der Waals surface area contributed by atoms with E-state index in [4.69, 9.17) is 10.5 Å². The molecule has 0 spiro atoms. The van der Waals surface area contributed by atoms with E-state index in [2.05, 4.69) is 25.5 Å². The molecular weight excluding hydrogens is 473 g/mol. The molecule has 3 aliphatic rings. The SMILES string of the molecule is NC(=O)c1cnc(Nc2ccc(OC3CN4CCC3CC4)cc2)nc1NCc1c(F)ccc(F)c1F. The molecule has 0 radical (unpaired) electrons. The second kappa shape index (κ2) is 10.0. The molecule has 6 rings (SSSR count). The van der Waals surface area contributed by atoms with Gasteiger partial charge in [0, 0.05) is 30.5 Å². The van der Waals surface area contributed by atoms with Crippen molar-refractivity contribution in [1.29, 1.82) is 0 Å². The number of anilines is 3. The molecule has 4 heterocycles. The van der Waals surface area contributed by atoms with Crippen LogP contribution in [-0.4, -0.2) is 46.5 Å². The summed E-state index contributed by atoms with van der Waals surface area (Å²) in [4.78, 5) is 22.5. The van der Waals surface area contributed by atoms with E-state index in [0.717, 1.165) is 44.3 Å². The standard InChI is InChI=1S/C25H25F3N6O2/c26-19-5-6-20(27)22(28)17(19)11-30-24-18(23(29)35)12-31-25(33-24)32-15-1-3-16(4-2-15)36-21-13-34-9-7-14(21)8-10-34/h1-6,12,14,21H,7-11,13H2,(H2,29,35)(H2,30,31,32,33). The Bertz CT molecular complexity index is 1270. The summed E-state index contributed by atoms with van der Waals surface area (Å²) >= 11 is 0. The lowest BCUT2D eigenvalue weighted by Gasteiger charge is -2.44. The molecule has 1 aromatic heterocycles. The largest absolute Gasteiger partial charge is 0.489 e. The highest BCUT2D eigenvalue weighted by Crippen LogP contribution is 2.31. The summed E-state index contributed by atoms with van der Waals surface area (Å²) in [5.74, 6) is -2.85. The third kappa shape index (κ3) is 5.06. The Kier molecular flexibility index (Phi) is 6.64. The molecule has 3 fully saturated rings. The first kappa shape index (κ1) is 23.9. The van der Waals surface area contributed by atoms with E-state index in [0.29, 0.717) is 17.7 Å². The molecule has 1 unspecified atom stereocenters. The van der Waals surface area contributed by atoms with Crippen LogP contribution in [0.15, 0.2) is 42.6 Å². The van der Waals surface area contributed by atoms with Crippen molar-refractivity contribution < 1.29 is 22.7 Å². The summed E-state index contributed by atoms with van der Waals surface area (Å²) in [5.41, 5.74) is 5.43. The first-order valence-electron chi connectivity index (χ1n) is 11.7. The third-order valence-electron chi connectivity index (χ3n) is 6.62. The van der Waals surface area contributed by atoms with Crippen LogP contribution in [0.2, 0.25) is 0 Å². The maximum Gasteiger partial charge on any atom is 0.254 e. The lowest BCUT2D eigenvalue weighted by atomic mass is 9.86. The lowest BCUT2D eigenvalue weighted by Crippen LogP contribution is -2.52. The third-order valence-corrected chi connectivity index (χ3v) is 6.62. The van der Waals surface area contributed by atoms with Crippen LogP contribution < -0.4 is 21.1 Å². The number of amides is 1. The van der Waals surface area contributed by atoms with Crippen LogP contribution in [0, 0.1) is 23.4 Å². The van der Waals surface area contributed by atoms with E-state index in [1.807, 2.05) is 24.3 Å². The number of fused-ring (bicyclic) bond motifs is 3. The van der Waals surface area contributed by atoms with Crippen molar-refractivity contribution >= 4 is 23.4 Å². The number of nitrogens with zero attached hydrogens (tertiary/aromatic N) is 3. The average Bonchev–Trinajstić information content (AvgIpc) is 2.88. The smallest absolute Gasteiger partial charge is 0.254 e. The molecule has 36 heavy (non-hydrogen) atoms. The van der Waals surface area contributed by atoms with Crippen LogP contribution in [0.1, 0.15) is 28.8 Å². The molecule has 3 aromatic rings. The quantitative estimate of drug-likeness (QED) is 0.406. The predicted octanol–water partition coefficient (Wildman–Crippen LogP) is 3.82. The van der Waals surface area contributed by atoms with Crippen LogP contribution in [0.25, 0.3) is 0 Å². The number of hydrogen-bond acceptors (Lipinski definition) is 7. The van der Waals surface area contributed by atoms with Gasteiger partial charge in [0.15, 0.2) is 11.6 Å². The first-order valence-corrected chi connectivity index (χ1v) is 11.7. The van der Waals surface area contributed by atoms with E-state index >= 15 is 0 Å². The Morgan fingerprint density at radius 2 is 1.81 bits per heavy atom. The van der Waals surface area contributed by atoms with Crippen molar-refractivity contribution in [2.45, 2.75) is 25.5 Å². The molecule has 188 valence electrons. The fraction of sp³-hybridized carbons (Fsp3) is 0.320. The second-order valence-electron chi connectivity index (χ2n) is 8.94. The summed E-state index contributed by atoms with van der Waals surface area (Å²) < 4.78 is 47.7. The highest BCUT2D eigenvalue weighted by atomic mass is 19.2. The number of piperidine rings is 3. The maximum atomic E-state index is 14.0. The maximum absolute atomic E-state index is 14.0. The van der Waals surface area contributed by atoms with Gasteiger partial charge in [0.2, 0.25) is 5.95 Å². The molecule has 11 heteroatoms. The van der Waals surface area contributed by atoms with Gasteiger partial charge in [-0.15, -0.1) is 0 Å². The number of carbonyl (C=O) groups is 1. The lowest BCUT2D eigenvalue weighted by molar-refractivity contribution is -0.00775. The van der Waals surface area contributed by atoms with Gasteiger partial charge in [-0.05, 0) is 68.2 Å². The van der Waals surface area contributed by atoms with Gasteiger partial charge in [-0.3, -0.25) is 9.69 Å². The highest BCUT2D eigenvalue weighted by Gasteiger charge is 2.35. The normalized spacial score (nSPS) is 20.7. The van der Waals surface area contributed by atoms with Gasteiger partial charge in [0.05, 0.1) is 5.56 Å². The number of rotatable bonds is 8. The van der Waals surface area contributed by atoms with Crippen LogP contribution in [0.3, 0.4) is 0 Å².